The van der Waals surface area contributed by atoms with Crippen molar-refractivity contribution < 1.29 is 5.11 Å². The molecular formula is C8H16N2O. The molecule has 3 heteroatoms. The Balaban J connectivity index is 3.14. The van der Waals surface area contributed by atoms with Crippen LogP contribution in [0.25, 0.3) is 0 Å². The lowest BCUT2D eigenvalue weighted by molar-refractivity contribution is 0.386. The lowest BCUT2D eigenvalue weighted by atomic mass is 10.3. The van der Waals surface area contributed by atoms with Crippen LogP contribution in [0, 0.1) is 0 Å². The predicted molar refractivity (Wildman–Crippen MR) is 47.2 cm³/mol. The Kier molecular flexibility index (Phi) is 5.07. The molecule has 0 aromatic heterocycles. The van der Waals surface area contributed by atoms with Crippen LogP contribution in [0.3, 0.4) is 0 Å². The average molecular weight is 156 g/mol. The maximum atomic E-state index is 8.71. The molecule has 0 saturated heterocycles. The Bertz CT molecular complexity index is 143. The van der Waals surface area contributed by atoms with E-state index in [9.17, 15) is 0 Å². The first-order valence-electron chi connectivity index (χ1n) is 3.64. The molecule has 0 bridgehead atoms. The van der Waals surface area contributed by atoms with E-state index in [4.69, 9.17) is 5.11 Å². The zero-order chi connectivity index (χ0) is 8.69. The van der Waals surface area contributed by atoms with E-state index in [1.165, 1.54) is 0 Å². The van der Waals surface area contributed by atoms with Crippen molar-refractivity contribution in [1.29, 1.82) is 0 Å². The van der Waals surface area contributed by atoms with Gasteiger partial charge in [-0.2, -0.15) is 0 Å². The van der Waals surface area contributed by atoms with Gasteiger partial charge in [0.15, 0.2) is 0 Å². The van der Waals surface area contributed by atoms with Crippen LogP contribution in [0.1, 0.15) is 12.8 Å². The highest BCUT2D eigenvalue weighted by molar-refractivity contribution is 4.86. The summed E-state index contributed by atoms with van der Waals surface area (Å²) in [7, 11) is 1.81. The lowest BCUT2D eigenvalue weighted by Crippen LogP contribution is -2.23. The van der Waals surface area contributed by atoms with Gasteiger partial charge in [0.1, 0.15) is 0 Å². The zero-order valence-electron chi connectivity index (χ0n) is 6.98. The summed E-state index contributed by atoms with van der Waals surface area (Å²) < 4.78 is 0. The first-order chi connectivity index (χ1) is 5.16. The maximum absolute atomic E-state index is 8.71. The standard InChI is InChI=1S/C8H16N2O/c1-7(11)5-4-6-10-8(2)9-3/h9-11H,1-2,4-6H2,3H3. The van der Waals surface area contributed by atoms with Crippen LogP contribution in [0.5, 0.6) is 0 Å². The summed E-state index contributed by atoms with van der Waals surface area (Å²) in [5.41, 5.74) is 0. The quantitative estimate of drug-likeness (QED) is 0.399. The predicted octanol–water partition coefficient (Wildman–Crippen LogP) is 1.12. The molecule has 0 aliphatic rings. The number of hydrogen-bond acceptors (Lipinski definition) is 3. The summed E-state index contributed by atoms with van der Waals surface area (Å²) in [6.45, 7) is 7.87. The molecule has 0 fully saturated rings. The highest BCUT2D eigenvalue weighted by atomic mass is 16.3. The third kappa shape index (κ3) is 6.77. The Hall–Kier alpha value is -1.12. The van der Waals surface area contributed by atoms with E-state index in [2.05, 4.69) is 23.8 Å². The molecule has 0 aliphatic carbocycles. The number of hydrogen-bond donors (Lipinski definition) is 3. The van der Waals surface area contributed by atoms with Gasteiger partial charge in [0.05, 0.1) is 11.6 Å². The van der Waals surface area contributed by atoms with Crippen LogP contribution >= 0.6 is 0 Å². The molecular weight excluding hydrogens is 140 g/mol. The molecule has 0 rings (SSSR count). The van der Waals surface area contributed by atoms with Gasteiger partial charge in [-0.15, -0.1) is 0 Å². The largest absolute Gasteiger partial charge is 0.513 e. The van der Waals surface area contributed by atoms with Crippen LogP contribution in [0.15, 0.2) is 24.7 Å². The molecule has 0 amide bonds. The van der Waals surface area contributed by atoms with Gasteiger partial charge >= 0.3 is 0 Å². The molecule has 11 heavy (non-hydrogen) atoms. The van der Waals surface area contributed by atoms with Gasteiger partial charge < -0.3 is 15.7 Å². The fourth-order valence-electron chi connectivity index (χ4n) is 0.620. The molecule has 0 heterocycles. The van der Waals surface area contributed by atoms with Crippen molar-refractivity contribution >= 4 is 0 Å². The first-order valence-corrected chi connectivity index (χ1v) is 3.64. The Morgan fingerprint density at radius 1 is 1.45 bits per heavy atom. The molecule has 0 atom stereocenters. The number of rotatable bonds is 6. The second-order valence-corrected chi connectivity index (χ2v) is 2.33. The molecule has 3 nitrogen and oxygen atoms in total. The number of aliphatic hydroxyl groups is 1. The van der Waals surface area contributed by atoms with E-state index in [1.807, 2.05) is 0 Å². The fourth-order valence-corrected chi connectivity index (χ4v) is 0.620. The molecule has 0 aromatic rings. The molecule has 0 aliphatic heterocycles. The smallest absolute Gasteiger partial charge is 0.0909 e. The van der Waals surface area contributed by atoms with Gasteiger partial charge in [-0.05, 0) is 6.42 Å². The first kappa shape index (κ1) is 9.88. The molecule has 0 spiro atoms. The van der Waals surface area contributed by atoms with Crippen molar-refractivity contribution in [3.05, 3.63) is 24.7 Å². The minimum absolute atomic E-state index is 0.238. The Morgan fingerprint density at radius 3 is 2.55 bits per heavy atom. The maximum Gasteiger partial charge on any atom is 0.0909 e. The van der Waals surface area contributed by atoms with E-state index in [-0.39, 0.29) is 5.76 Å². The van der Waals surface area contributed by atoms with Crippen molar-refractivity contribution in [2.24, 2.45) is 0 Å². The van der Waals surface area contributed by atoms with Gasteiger partial charge in [0.2, 0.25) is 0 Å². The van der Waals surface area contributed by atoms with E-state index < -0.39 is 0 Å². The van der Waals surface area contributed by atoms with Crippen LogP contribution in [0.2, 0.25) is 0 Å². The Morgan fingerprint density at radius 2 is 2.09 bits per heavy atom. The van der Waals surface area contributed by atoms with Crippen molar-refractivity contribution in [3.63, 3.8) is 0 Å². The van der Waals surface area contributed by atoms with Gasteiger partial charge in [-0.3, -0.25) is 0 Å². The number of allylic oxidation sites excluding steroid dienone is 1. The van der Waals surface area contributed by atoms with Gasteiger partial charge in [-0.1, -0.05) is 13.2 Å². The topological polar surface area (TPSA) is 44.3 Å². The van der Waals surface area contributed by atoms with Gasteiger partial charge in [0, 0.05) is 20.0 Å². The van der Waals surface area contributed by atoms with Crippen molar-refractivity contribution in [2.45, 2.75) is 12.8 Å². The molecule has 3 N–H and O–H groups in total. The third-order valence-electron chi connectivity index (χ3n) is 1.28. The molecule has 64 valence electrons. The average Bonchev–Trinajstić information content (AvgIpc) is 1.97. The van der Waals surface area contributed by atoms with Gasteiger partial charge in [0.25, 0.3) is 0 Å². The van der Waals surface area contributed by atoms with Crippen molar-refractivity contribution in [2.75, 3.05) is 13.6 Å². The third-order valence-corrected chi connectivity index (χ3v) is 1.28. The highest BCUT2D eigenvalue weighted by Crippen LogP contribution is 1.95. The van der Waals surface area contributed by atoms with Crippen LogP contribution in [-0.4, -0.2) is 18.7 Å². The second kappa shape index (κ2) is 5.65. The minimum Gasteiger partial charge on any atom is -0.513 e. The van der Waals surface area contributed by atoms with Gasteiger partial charge in [-0.25, -0.2) is 0 Å². The van der Waals surface area contributed by atoms with Crippen molar-refractivity contribution in [1.82, 2.24) is 10.6 Å². The normalized spacial score (nSPS) is 8.82. The molecule has 0 aromatic carbocycles. The zero-order valence-corrected chi connectivity index (χ0v) is 6.98. The summed E-state index contributed by atoms with van der Waals surface area (Å²) in [6, 6.07) is 0. The summed E-state index contributed by atoms with van der Waals surface area (Å²) in [5, 5.41) is 14.6. The van der Waals surface area contributed by atoms with Crippen LogP contribution in [0.4, 0.5) is 0 Å². The SMILES string of the molecule is C=C(O)CCCNC(=C)NC. The fraction of sp³-hybridized carbons (Fsp3) is 0.500. The minimum atomic E-state index is 0.238. The van der Waals surface area contributed by atoms with Crippen molar-refractivity contribution in [3.8, 4) is 0 Å². The van der Waals surface area contributed by atoms with Crippen LogP contribution in [-0.2, 0) is 0 Å². The number of aliphatic hydroxyl groups excluding tert-OH is 1. The van der Waals surface area contributed by atoms with E-state index >= 15 is 0 Å². The molecule has 0 radical (unpaired) electrons. The van der Waals surface area contributed by atoms with E-state index in [0.717, 1.165) is 18.8 Å². The summed E-state index contributed by atoms with van der Waals surface area (Å²) in [5.74, 6) is 1.04. The van der Waals surface area contributed by atoms with E-state index in [1.54, 1.807) is 7.05 Å². The number of nitrogens with one attached hydrogen (secondary N) is 2. The summed E-state index contributed by atoms with van der Waals surface area (Å²) in [6.07, 6.45) is 1.51. The molecule has 0 unspecified atom stereocenters. The van der Waals surface area contributed by atoms with Crippen LogP contribution < -0.4 is 10.6 Å². The Labute approximate surface area is 67.8 Å². The lowest BCUT2D eigenvalue weighted by Gasteiger charge is -2.07. The summed E-state index contributed by atoms with van der Waals surface area (Å²) >= 11 is 0. The monoisotopic (exact) mass is 156 g/mol. The highest BCUT2D eigenvalue weighted by Gasteiger charge is 1.90. The summed E-state index contributed by atoms with van der Waals surface area (Å²) in [4.78, 5) is 0. The second-order valence-electron chi connectivity index (χ2n) is 2.33. The van der Waals surface area contributed by atoms with E-state index in [0.29, 0.717) is 6.42 Å². The molecule has 0 saturated carbocycles.